The van der Waals surface area contributed by atoms with Crippen LogP contribution in [0.1, 0.15) is 46.9 Å². The maximum absolute atomic E-state index is 14.2. The van der Waals surface area contributed by atoms with Crippen molar-refractivity contribution in [1.82, 2.24) is 9.38 Å². The van der Waals surface area contributed by atoms with Crippen molar-refractivity contribution >= 4 is 23.1 Å². The van der Waals surface area contributed by atoms with Crippen LogP contribution in [0.3, 0.4) is 0 Å². The van der Waals surface area contributed by atoms with E-state index in [1.54, 1.807) is 38.1 Å². The highest BCUT2D eigenvalue weighted by atomic mass is 19.3. The molecule has 0 bridgehead atoms. The molecule has 2 atom stereocenters. The van der Waals surface area contributed by atoms with Crippen molar-refractivity contribution in [2.45, 2.75) is 32.7 Å². The molecule has 1 aliphatic rings. The number of benzene rings is 1. The number of aromatic carboxylic acids is 1. The Bertz CT molecular complexity index is 1400. The summed E-state index contributed by atoms with van der Waals surface area (Å²) in [5, 5.41) is 22.3. The molecule has 1 unspecified atom stereocenters. The number of hydrogen-bond donors (Lipinski definition) is 2. The monoisotopic (exact) mass is 467 g/mol. The topological polar surface area (TPSA) is 111 Å². The summed E-state index contributed by atoms with van der Waals surface area (Å²) in [5.41, 5.74) is 1.000. The van der Waals surface area contributed by atoms with E-state index < -0.39 is 36.0 Å². The first-order valence-electron chi connectivity index (χ1n) is 10.7. The zero-order valence-electron chi connectivity index (χ0n) is 18.8. The number of fused-ring (bicyclic) bond motifs is 1. The number of carboxylic acid groups (broad SMARTS) is 1. The summed E-state index contributed by atoms with van der Waals surface area (Å²) in [6.45, 7) is 4.30. The molecule has 3 aromatic rings. The standard InChI is InChI=1S/C24H23F2N5O3/c1-13-8-17(15(3)28-19-7-5-4-6-16(19)23(33)34)21-29-20(18(9-27)22(32)31(21)10-13)30-11-14(2)24(25,26)12-30/h4-8,10,14-15,28H,11-12H2,1-3H3,(H,33,34)/t14?,15-/m1/s1. The summed E-state index contributed by atoms with van der Waals surface area (Å²) in [7, 11) is 0. The minimum atomic E-state index is -2.97. The zero-order valence-corrected chi connectivity index (χ0v) is 18.8. The van der Waals surface area contributed by atoms with Crippen molar-refractivity contribution in [2.24, 2.45) is 5.92 Å². The number of aromatic nitrogens is 2. The fraction of sp³-hybridized carbons (Fsp3) is 0.333. The first-order chi connectivity index (χ1) is 16.0. The number of carboxylic acids is 1. The van der Waals surface area contributed by atoms with Crippen LogP contribution in [0.2, 0.25) is 0 Å². The Labute approximate surface area is 194 Å². The van der Waals surface area contributed by atoms with Crippen LogP contribution in [0.5, 0.6) is 0 Å². The van der Waals surface area contributed by atoms with Crippen LogP contribution in [0, 0.1) is 24.2 Å². The fourth-order valence-corrected chi connectivity index (χ4v) is 4.25. The third-order valence-electron chi connectivity index (χ3n) is 6.09. The van der Waals surface area contributed by atoms with Gasteiger partial charge in [0.25, 0.3) is 11.5 Å². The number of halogens is 2. The molecule has 0 radical (unpaired) electrons. The number of anilines is 2. The molecule has 1 aliphatic heterocycles. The van der Waals surface area contributed by atoms with E-state index in [9.17, 15) is 28.7 Å². The lowest BCUT2D eigenvalue weighted by molar-refractivity contribution is -0.0138. The van der Waals surface area contributed by atoms with E-state index in [-0.39, 0.29) is 29.1 Å². The van der Waals surface area contributed by atoms with Crippen LogP contribution in [-0.2, 0) is 0 Å². The largest absolute Gasteiger partial charge is 0.478 e. The molecule has 34 heavy (non-hydrogen) atoms. The van der Waals surface area contributed by atoms with Gasteiger partial charge in [0.05, 0.1) is 18.2 Å². The minimum Gasteiger partial charge on any atom is -0.478 e. The van der Waals surface area contributed by atoms with E-state index >= 15 is 0 Å². The van der Waals surface area contributed by atoms with Gasteiger partial charge in [-0.25, -0.2) is 18.6 Å². The number of alkyl halides is 2. The quantitative estimate of drug-likeness (QED) is 0.587. The van der Waals surface area contributed by atoms with Crippen LogP contribution >= 0.6 is 0 Å². The fourth-order valence-electron chi connectivity index (χ4n) is 4.25. The molecule has 2 N–H and O–H groups in total. The Morgan fingerprint density at radius 3 is 2.71 bits per heavy atom. The molecular weight excluding hydrogens is 444 g/mol. The van der Waals surface area contributed by atoms with Crippen molar-refractivity contribution in [3.63, 3.8) is 0 Å². The van der Waals surface area contributed by atoms with Gasteiger partial charge < -0.3 is 15.3 Å². The predicted molar refractivity (Wildman–Crippen MR) is 123 cm³/mol. The molecule has 0 aliphatic carbocycles. The van der Waals surface area contributed by atoms with Gasteiger partial charge in [-0.3, -0.25) is 9.20 Å². The van der Waals surface area contributed by atoms with E-state index in [1.165, 1.54) is 28.5 Å². The molecule has 3 heterocycles. The van der Waals surface area contributed by atoms with Gasteiger partial charge in [0.15, 0.2) is 11.4 Å². The lowest BCUT2D eigenvalue weighted by Gasteiger charge is -2.22. The van der Waals surface area contributed by atoms with Gasteiger partial charge in [-0.1, -0.05) is 19.1 Å². The van der Waals surface area contributed by atoms with Gasteiger partial charge in [-0.05, 0) is 37.6 Å². The SMILES string of the molecule is Cc1cc([C@@H](C)Nc2ccccc2C(=O)O)c2nc(N3CC(C)C(F)(F)C3)c(C#N)c(=O)n2c1. The van der Waals surface area contributed by atoms with Crippen molar-refractivity contribution in [3.8, 4) is 6.07 Å². The Morgan fingerprint density at radius 1 is 1.38 bits per heavy atom. The van der Waals surface area contributed by atoms with Crippen LogP contribution in [0.25, 0.3) is 5.65 Å². The third-order valence-corrected chi connectivity index (χ3v) is 6.09. The number of nitrogens with one attached hydrogen (secondary N) is 1. The molecule has 8 nitrogen and oxygen atoms in total. The summed E-state index contributed by atoms with van der Waals surface area (Å²) in [4.78, 5) is 30.6. The smallest absolute Gasteiger partial charge is 0.337 e. The van der Waals surface area contributed by atoms with Gasteiger partial charge >= 0.3 is 5.97 Å². The van der Waals surface area contributed by atoms with Crippen LogP contribution in [0.15, 0.2) is 41.3 Å². The second-order valence-corrected chi connectivity index (χ2v) is 8.65. The number of carbonyl (C=O) groups is 1. The summed E-state index contributed by atoms with van der Waals surface area (Å²) < 4.78 is 29.7. The van der Waals surface area contributed by atoms with Gasteiger partial charge in [-0.15, -0.1) is 0 Å². The van der Waals surface area contributed by atoms with Gasteiger partial charge in [0, 0.05) is 29.9 Å². The lowest BCUT2D eigenvalue weighted by Crippen LogP contribution is -2.31. The highest BCUT2D eigenvalue weighted by Gasteiger charge is 2.46. The molecule has 0 spiro atoms. The van der Waals surface area contributed by atoms with Gasteiger partial charge in [0.1, 0.15) is 11.7 Å². The van der Waals surface area contributed by atoms with Crippen molar-refractivity contribution in [3.05, 3.63) is 69.1 Å². The summed E-state index contributed by atoms with van der Waals surface area (Å²) in [6, 6.07) is 9.55. The number of nitrogens with zero attached hydrogens (tertiary/aromatic N) is 4. The maximum atomic E-state index is 14.2. The van der Waals surface area contributed by atoms with E-state index in [4.69, 9.17) is 0 Å². The van der Waals surface area contributed by atoms with E-state index in [1.807, 2.05) is 6.07 Å². The molecule has 2 aromatic heterocycles. The molecular formula is C24H23F2N5O3. The third kappa shape index (κ3) is 3.94. The zero-order chi connectivity index (χ0) is 24.8. The molecule has 1 aromatic carbocycles. The predicted octanol–water partition coefficient (Wildman–Crippen LogP) is 3.84. The average Bonchev–Trinajstić information content (AvgIpc) is 3.05. The number of rotatable bonds is 5. The van der Waals surface area contributed by atoms with Crippen LogP contribution in [0.4, 0.5) is 20.3 Å². The highest BCUT2D eigenvalue weighted by molar-refractivity contribution is 5.94. The Hall–Kier alpha value is -4.00. The minimum absolute atomic E-state index is 0.0364. The summed E-state index contributed by atoms with van der Waals surface area (Å²) >= 11 is 0. The second kappa shape index (κ2) is 8.41. The number of hydrogen-bond acceptors (Lipinski definition) is 6. The van der Waals surface area contributed by atoms with Crippen molar-refractivity contribution in [2.75, 3.05) is 23.3 Å². The van der Waals surface area contributed by atoms with E-state index in [0.717, 1.165) is 0 Å². The lowest BCUT2D eigenvalue weighted by atomic mass is 10.1. The first kappa shape index (κ1) is 23.2. The molecule has 1 fully saturated rings. The van der Waals surface area contributed by atoms with Crippen LogP contribution < -0.4 is 15.8 Å². The molecule has 0 amide bonds. The van der Waals surface area contributed by atoms with E-state index in [2.05, 4.69) is 10.3 Å². The number of aryl methyl sites for hydroxylation is 1. The first-order valence-corrected chi connectivity index (χ1v) is 10.7. The average molecular weight is 467 g/mol. The van der Waals surface area contributed by atoms with Gasteiger partial charge in [0.2, 0.25) is 0 Å². The second-order valence-electron chi connectivity index (χ2n) is 8.65. The number of pyridine rings is 1. The Balaban J connectivity index is 1.87. The molecule has 10 heteroatoms. The number of para-hydroxylation sites is 1. The van der Waals surface area contributed by atoms with Crippen LogP contribution in [-0.4, -0.2) is 39.5 Å². The molecule has 176 valence electrons. The Kier molecular flexibility index (Phi) is 5.73. The normalized spacial score (nSPS) is 18.0. The number of nitriles is 1. The summed E-state index contributed by atoms with van der Waals surface area (Å²) in [6.07, 6.45) is 1.54. The Morgan fingerprint density at radius 2 is 2.09 bits per heavy atom. The van der Waals surface area contributed by atoms with Gasteiger partial charge in [-0.2, -0.15) is 5.26 Å². The van der Waals surface area contributed by atoms with Crippen molar-refractivity contribution < 1.29 is 18.7 Å². The maximum Gasteiger partial charge on any atom is 0.337 e. The molecule has 1 saturated heterocycles. The molecule has 4 rings (SSSR count). The summed E-state index contributed by atoms with van der Waals surface area (Å²) in [5.74, 6) is -5.08. The highest BCUT2D eigenvalue weighted by Crippen LogP contribution is 2.36. The van der Waals surface area contributed by atoms with E-state index in [0.29, 0.717) is 16.8 Å². The molecule has 0 saturated carbocycles. The van der Waals surface area contributed by atoms with Crippen molar-refractivity contribution in [1.29, 1.82) is 5.26 Å².